The third kappa shape index (κ3) is 1.67. The first-order valence-corrected chi connectivity index (χ1v) is 4.43. The van der Waals surface area contributed by atoms with Crippen LogP contribution in [-0.4, -0.2) is 17.1 Å². The van der Waals surface area contributed by atoms with Crippen molar-refractivity contribution in [3.05, 3.63) is 36.4 Å². The maximum absolute atomic E-state index is 8.88. The highest BCUT2D eigenvalue weighted by molar-refractivity contribution is 5.81. The Balaban J connectivity index is 2.54. The number of nitrogens with zero attached hydrogens (tertiary/aromatic N) is 2. The fourth-order valence-electron chi connectivity index (χ4n) is 1.33. The molecule has 0 saturated heterocycles. The van der Waals surface area contributed by atoms with Crippen LogP contribution in [0.1, 0.15) is 5.82 Å². The van der Waals surface area contributed by atoms with Crippen LogP contribution in [0.3, 0.4) is 0 Å². The van der Waals surface area contributed by atoms with Crippen LogP contribution in [0.4, 0.5) is 0 Å². The van der Waals surface area contributed by atoms with Gasteiger partial charge in [0.15, 0.2) is 5.82 Å². The van der Waals surface area contributed by atoms with Gasteiger partial charge in [0.05, 0.1) is 18.1 Å². The quantitative estimate of drug-likeness (QED) is 0.595. The Morgan fingerprint density at radius 2 is 2.33 bits per heavy atom. The number of aromatic amines is 1. The molecule has 0 fully saturated rings. The highest BCUT2D eigenvalue weighted by Crippen LogP contribution is 2.15. The van der Waals surface area contributed by atoms with Crippen LogP contribution in [-0.2, 0) is 4.74 Å². The second-order valence-corrected chi connectivity index (χ2v) is 2.98. The second-order valence-electron chi connectivity index (χ2n) is 2.98. The van der Waals surface area contributed by atoms with Crippen molar-refractivity contribution in [2.45, 2.75) is 0 Å². The van der Waals surface area contributed by atoms with Crippen LogP contribution in [0.25, 0.3) is 16.6 Å². The van der Waals surface area contributed by atoms with Crippen LogP contribution in [0, 0.1) is 11.3 Å². The number of benzene rings is 1. The van der Waals surface area contributed by atoms with Gasteiger partial charge in [-0.05, 0) is 12.1 Å². The molecule has 4 nitrogen and oxygen atoms in total. The maximum Gasteiger partial charge on any atom is 0.152 e. The number of hydrogen-bond acceptors (Lipinski definition) is 3. The monoisotopic (exact) mass is 199 g/mol. The molecular weight excluding hydrogens is 190 g/mol. The number of nitrogens with one attached hydrogen (secondary N) is 1. The summed E-state index contributed by atoms with van der Waals surface area (Å²) in [5.41, 5.74) is 2.13. The van der Waals surface area contributed by atoms with E-state index >= 15 is 0 Å². The van der Waals surface area contributed by atoms with Crippen molar-refractivity contribution >= 4 is 16.6 Å². The number of nitriles is 1. The SMILES string of the molecule is CO/C=C(\C#N)c1nc2ccccc2[nH]1. The van der Waals surface area contributed by atoms with Gasteiger partial charge in [-0.2, -0.15) is 5.26 Å². The molecule has 1 heterocycles. The smallest absolute Gasteiger partial charge is 0.152 e. The van der Waals surface area contributed by atoms with Gasteiger partial charge in [0, 0.05) is 0 Å². The van der Waals surface area contributed by atoms with E-state index in [1.165, 1.54) is 13.4 Å². The van der Waals surface area contributed by atoms with Crippen LogP contribution < -0.4 is 0 Å². The van der Waals surface area contributed by atoms with Gasteiger partial charge < -0.3 is 9.72 Å². The summed E-state index contributed by atoms with van der Waals surface area (Å²) in [6.07, 6.45) is 1.37. The molecule has 2 rings (SSSR count). The van der Waals surface area contributed by atoms with Gasteiger partial charge >= 0.3 is 0 Å². The molecule has 1 aromatic heterocycles. The standard InChI is InChI=1S/C11H9N3O/c1-15-7-8(6-12)11-13-9-4-2-3-5-10(9)14-11/h2-5,7H,1H3,(H,13,14)/b8-7+. The van der Waals surface area contributed by atoms with Crippen molar-refractivity contribution in [3.8, 4) is 6.07 Å². The number of hydrogen-bond donors (Lipinski definition) is 1. The molecule has 0 aliphatic heterocycles. The summed E-state index contributed by atoms with van der Waals surface area (Å²) in [6, 6.07) is 9.63. The summed E-state index contributed by atoms with van der Waals surface area (Å²) in [7, 11) is 1.50. The van der Waals surface area contributed by atoms with E-state index in [0.717, 1.165) is 11.0 Å². The number of aromatic nitrogens is 2. The average molecular weight is 199 g/mol. The number of fused-ring (bicyclic) bond motifs is 1. The van der Waals surface area contributed by atoms with E-state index in [-0.39, 0.29) is 0 Å². The normalized spacial score (nSPS) is 11.3. The molecule has 1 N–H and O–H groups in total. The van der Waals surface area contributed by atoms with E-state index in [4.69, 9.17) is 10.00 Å². The van der Waals surface area contributed by atoms with E-state index in [1.807, 2.05) is 30.3 Å². The Hall–Kier alpha value is -2.28. The van der Waals surface area contributed by atoms with E-state index < -0.39 is 0 Å². The molecule has 0 unspecified atom stereocenters. The molecule has 0 aliphatic rings. The van der Waals surface area contributed by atoms with E-state index in [9.17, 15) is 0 Å². The van der Waals surface area contributed by atoms with E-state index in [0.29, 0.717) is 11.4 Å². The Bertz CT molecular complexity index is 515. The number of methoxy groups -OCH3 is 1. The fraction of sp³-hybridized carbons (Fsp3) is 0.0909. The fourth-order valence-corrected chi connectivity index (χ4v) is 1.33. The Morgan fingerprint density at radius 3 is 3.00 bits per heavy atom. The first-order chi connectivity index (χ1) is 7.35. The first kappa shape index (κ1) is 9.28. The predicted octanol–water partition coefficient (Wildman–Crippen LogP) is 2.07. The summed E-state index contributed by atoms with van der Waals surface area (Å²) in [5.74, 6) is 0.528. The third-order valence-corrected chi connectivity index (χ3v) is 2.00. The molecule has 0 aliphatic carbocycles. The minimum Gasteiger partial charge on any atom is -0.503 e. The molecule has 4 heteroatoms. The van der Waals surface area contributed by atoms with Crippen LogP contribution in [0.15, 0.2) is 30.5 Å². The number of para-hydroxylation sites is 2. The molecule has 0 radical (unpaired) electrons. The molecule has 0 amide bonds. The zero-order valence-electron chi connectivity index (χ0n) is 8.19. The van der Waals surface area contributed by atoms with Crippen LogP contribution in [0.5, 0.6) is 0 Å². The molecule has 0 atom stereocenters. The molecule has 0 bridgehead atoms. The van der Waals surface area contributed by atoms with E-state index in [1.54, 1.807) is 0 Å². The Kier molecular flexibility index (Phi) is 2.38. The lowest BCUT2D eigenvalue weighted by Gasteiger charge is -1.91. The zero-order chi connectivity index (χ0) is 10.7. The number of H-pyrrole nitrogens is 1. The molecule has 0 saturated carbocycles. The van der Waals surface area contributed by atoms with Crippen molar-refractivity contribution < 1.29 is 4.74 Å². The van der Waals surface area contributed by atoms with E-state index in [2.05, 4.69) is 9.97 Å². The van der Waals surface area contributed by atoms with Gasteiger partial charge in [0.25, 0.3) is 0 Å². The van der Waals surface area contributed by atoms with Gasteiger partial charge in [-0.15, -0.1) is 0 Å². The Morgan fingerprint density at radius 1 is 1.53 bits per heavy atom. The molecule has 15 heavy (non-hydrogen) atoms. The molecular formula is C11H9N3O. The third-order valence-electron chi connectivity index (χ3n) is 2.00. The van der Waals surface area contributed by atoms with Crippen molar-refractivity contribution in [3.63, 3.8) is 0 Å². The number of allylic oxidation sites excluding steroid dienone is 1. The minimum atomic E-state index is 0.383. The second kappa shape index (κ2) is 3.84. The molecule has 2 aromatic rings. The Labute approximate surface area is 86.8 Å². The summed E-state index contributed by atoms with van der Waals surface area (Å²) >= 11 is 0. The van der Waals surface area contributed by atoms with Crippen molar-refractivity contribution in [2.24, 2.45) is 0 Å². The topological polar surface area (TPSA) is 61.7 Å². The molecule has 0 spiro atoms. The summed E-state index contributed by atoms with van der Waals surface area (Å²) in [6.45, 7) is 0. The van der Waals surface area contributed by atoms with Crippen molar-refractivity contribution in [1.29, 1.82) is 5.26 Å². The summed E-state index contributed by atoms with van der Waals surface area (Å²) in [5, 5.41) is 8.88. The van der Waals surface area contributed by atoms with Crippen LogP contribution >= 0.6 is 0 Å². The van der Waals surface area contributed by atoms with Gasteiger partial charge in [-0.3, -0.25) is 0 Å². The average Bonchev–Trinajstić information content (AvgIpc) is 2.69. The first-order valence-electron chi connectivity index (χ1n) is 4.43. The lowest BCUT2D eigenvalue weighted by molar-refractivity contribution is 0.340. The van der Waals surface area contributed by atoms with Gasteiger partial charge in [-0.1, -0.05) is 12.1 Å². The summed E-state index contributed by atoms with van der Waals surface area (Å²) in [4.78, 5) is 7.33. The maximum atomic E-state index is 8.88. The predicted molar refractivity (Wildman–Crippen MR) is 56.7 cm³/mol. The lowest BCUT2D eigenvalue weighted by Crippen LogP contribution is -1.85. The highest BCUT2D eigenvalue weighted by atomic mass is 16.5. The molecule has 74 valence electrons. The van der Waals surface area contributed by atoms with Crippen molar-refractivity contribution in [1.82, 2.24) is 9.97 Å². The van der Waals surface area contributed by atoms with Gasteiger partial charge in [0.1, 0.15) is 17.9 Å². The highest BCUT2D eigenvalue weighted by Gasteiger charge is 2.06. The number of ether oxygens (including phenoxy) is 1. The summed E-state index contributed by atoms with van der Waals surface area (Å²) < 4.78 is 4.80. The molecule has 1 aromatic carbocycles. The van der Waals surface area contributed by atoms with Crippen LogP contribution in [0.2, 0.25) is 0 Å². The zero-order valence-corrected chi connectivity index (χ0v) is 8.19. The lowest BCUT2D eigenvalue weighted by atomic mass is 10.3. The van der Waals surface area contributed by atoms with Gasteiger partial charge in [0.2, 0.25) is 0 Å². The van der Waals surface area contributed by atoms with Gasteiger partial charge in [-0.25, -0.2) is 4.98 Å². The minimum absolute atomic E-state index is 0.383. The largest absolute Gasteiger partial charge is 0.503 e. The number of imidazole rings is 1. The van der Waals surface area contributed by atoms with Crippen molar-refractivity contribution in [2.75, 3.05) is 7.11 Å². The number of rotatable bonds is 2.